The summed E-state index contributed by atoms with van der Waals surface area (Å²) in [5.41, 5.74) is -2.07. The van der Waals surface area contributed by atoms with E-state index in [0.717, 1.165) is 10.7 Å². The van der Waals surface area contributed by atoms with Crippen molar-refractivity contribution in [2.45, 2.75) is 56.8 Å². The van der Waals surface area contributed by atoms with Gasteiger partial charge in [0.05, 0.1) is 13.2 Å². The lowest BCUT2D eigenvalue weighted by atomic mass is 9.73. The molecule has 1 amide bonds. The maximum Gasteiger partial charge on any atom is 0.426 e. The lowest BCUT2D eigenvalue weighted by molar-refractivity contribution is -0.107. The van der Waals surface area contributed by atoms with Crippen LogP contribution in [0.3, 0.4) is 0 Å². The van der Waals surface area contributed by atoms with Crippen molar-refractivity contribution in [2.75, 3.05) is 19.8 Å². The van der Waals surface area contributed by atoms with Gasteiger partial charge in [0.15, 0.2) is 0 Å². The highest BCUT2D eigenvalue weighted by Gasteiger charge is 2.63. The number of fused-ring (bicyclic) bond motifs is 2. The van der Waals surface area contributed by atoms with Gasteiger partial charge < -0.3 is 14.2 Å². The van der Waals surface area contributed by atoms with E-state index in [0.29, 0.717) is 36.4 Å². The number of amides is 1. The minimum atomic E-state index is -4.36. The molecule has 0 aromatic heterocycles. The van der Waals surface area contributed by atoms with Gasteiger partial charge in [-0.2, -0.15) is 12.7 Å². The Labute approximate surface area is 172 Å². The third kappa shape index (κ3) is 3.51. The van der Waals surface area contributed by atoms with Crippen molar-refractivity contribution in [3.8, 4) is 5.75 Å². The van der Waals surface area contributed by atoms with E-state index in [4.69, 9.17) is 26.2 Å². The minimum Gasteiger partial charge on any atom is -0.484 e. The normalized spacial score (nSPS) is 30.8. The molecule has 2 unspecified atom stereocenters. The SMILES string of the molecule is [B]c1ccc2c(c1)C1(COS(=O)(=O)N1C(=O)OC(C)(C)C)CC1(CCCOC1)O2. The minimum absolute atomic E-state index is 0.189. The Morgan fingerprint density at radius 1 is 1.28 bits per heavy atom. The van der Waals surface area contributed by atoms with Gasteiger partial charge in [-0.3, -0.25) is 4.18 Å². The fourth-order valence-electron chi connectivity index (χ4n) is 4.32. The van der Waals surface area contributed by atoms with E-state index < -0.39 is 33.1 Å². The van der Waals surface area contributed by atoms with Gasteiger partial charge in [0, 0.05) is 18.6 Å². The van der Waals surface area contributed by atoms with Gasteiger partial charge in [0.25, 0.3) is 0 Å². The van der Waals surface area contributed by atoms with Crippen molar-refractivity contribution in [1.29, 1.82) is 0 Å². The quantitative estimate of drug-likeness (QED) is 0.587. The third-order valence-corrected chi connectivity index (χ3v) is 6.71. The Morgan fingerprint density at radius 2 is 2.03 bits per heavy atom. The standard InChI is InChI=1S/C19H24BNO7S/c1-17(2,3)28-16(22)21-19(12-26-29(21,23)24)10-18(7-4-8-25-11-18)27-15-6-5-13(20)9-14(15)19/h5-6,9H,4,7-8,10-12H2,1-3H3. The molecule has 1 aromatic rings. The van der Waals surface area contributed by atoms with Crippen LogP contribution in [0.1, 0.15) is 45.6 Å². The van der Waals surface area contributed by atoms with Gasteiger partial charge in [0.2, 0.25) is 0 Å². The molecule has 2 radical (unpaired) electrons. The first kappa shape index (κ1) is 20.5. The van der Waals surface area contributed by atoms with Crippen molar-refractivity contribution in [3.05, 3.63) is 23.8 Å². The summed E-state index contributed by atoms with van der Waals surface area (Å²) in [6, 6.07) is 5.00. The number of hydrogen-bond donors (Lipinski definition) is 0. The van der Waals surface area contributed by atoms with E-state index >= 15 is 0 Å². The zero-order valence-electron chi connectivity index (χ0n) is 16.8. The molecule has 29 heavy (non-hydrogen) atoms. The molecule has 10 heteroatoms. The molecule has 8 nitrogen and oxygen atoms in total. The molecule has 3 aliphatic rings. The van der Waals surface area contributed by atoms with Crippen molar-refractivity contribution in [3.63, 3.8) is 0 Å². The zero-order chi connectivity index (χ0) is 21.1. The monoisotopic (exact) mass is 421 g/mol. The third-order valence-electron chi connectivity index (χ3n) is 5.35. The van der Waals surface area contributed by atoms with Crippen LogP contribution in [0.15, 0.2) is 18.2 Å². The first-order valence-electron chi connectivity index (χ1n) is 9.56. The Balaban J connectivity index is 1.88. The second-order valence-corrected chi connectivity index (χ2v) is 10.3. The largest absolute Gasteiger partial charge is 0.484 e. The van der Waals surface area contributed by atoms with Crippen molar-refractivity contribution in [1.82, 2.24) is 4.31 Å². The van der Waals surface area contributed by atoms with Gasteiger partial charge in [-0.1, -0.05) is 17.6 Å². The Kier molecular flexibility index (Phi) is 4.68. The van der Waals surface area contributed by atoms with Gasteiger partial charge in [-0.05, 0) is 39.7 Å². The van der Waals surface area contributed by atoms with E-state index in [2.05, 4.69) is 0 Å². The van der Waals surface area contributed by atoms with E-state index in [1.165, 1.54) is 0 Å². The van der Waals surface area contributed by atoms with Crippen LogP contribution in [0.2, 0.25) is 0 Å². The lowest BCUT2D eigenvalue weighted by Gasteiger charge is -2.49. The van der Waals surface area contributed by atoms with E-state index in [9.17, 15) is 13.2 Å². The summed E-state index contributed by atoms with van der Waals surface area (Å²) in [5.74, 6) is 0.463. The van der Waals surface area contributed by atoms with Gasteiger partial charge in [-0.25, -0.2) is 4.79 Å². The van der Waals surface area contributed by atoms with Crippen molar-refractivity contribution in [2.24, 2.45) is 0 Å². The molecule has 2 spiro atoms. The lowest BCUT2D eigenvalue weighted by Crippen LogP contribution is -2.60. The molecule has 0 bridgehead atoms. The molecule has 3 heterocycles. The molecule has 2 atom stereocenters. The summed E-state index contributed by atoms with van der Waals surface area (Å²) >= 11 is 0. The van der Waals surface area contributed by atoms with Crippen LogP contribution in [-0.4, -0.2) is 57.7 Å². The fraction of sp³-hybridized carbons (Fsp3) is 0.632. The summed E-state index contributed by atoms with van der Waals surface area (Å²) in [6.07, 6.45) is 0.632. The molecule has 1 aromatic carbocycles. The zero-order valence-corrected chi connectivity index (χ0v) is 17.6. The molecule has 0 aliphatic carbocycles. The summed E-state index contributed by atoms with van der Waals surface area (Å²) in [5, 5.41) is 0. The molecule has 0 saturated carbocycles. The number of benzene rings is 1. The second-order valence-electron chi connectivity index (χ2n) is 8.87. The highest BCUT2D eigenvalue weighted by Crippen LogP contribution is 2.53. The van der Waals surface area contributed by atoms with Crippen LogP contribution in [0.5, 0.6) is 5.75 Å². The van der Waals surface area contributed by atoms with Crippen LogP contribution in [0.25, 0.3) is 0 Å². The Bertz CT molecular complexity index is 936. The van der Waals surface area contributed by atoms with E-state index in [1.54, 1.807) is 39.0 Å². The molecular formula is C19H24BNO7S. The topological polar surface area (TPSA) is 91.4 Å². The fourth-order valence-corrected chi connectivity index (χ4v) is 5.63. The number of ether oxygens (including phenoxy) is 3. The van der Waals surface area contributed by atoms with Gasteiger partial charge in [0.1, 0.15) is 30.3 Å². The molecule has 2 fully saturated rings. The molecule has 2 saturated heterocycles. The predicted octanol–water partition coefficient (Wildman–Crippen LogP) is 1.52. The number of carbonyl (C=O) groups is 1. The first-order valence-corrected chi connectivity index (χ1v) is 10.9. The highest BCUT2D eigenvalue weighted by molar-refractivity contribution is 7.85. The average molecular weight is 421 g/mol. The molecular weight excluding hydrogens is 397 g/mol. The predicted molar refractivity (Wildman–Crippen MR) is 104 cm³/mol. The van der Waals surface area contributed by atoms with Crippen LogP contribution in [-0.2, 0) is 29.5 Å². The number of hydrogen-bond acceptors (Lipinski definition) is 7. The van der Waals surface area contributed by atoms with Gasteiger partial charge >= 0.3 is 16.4 Å². The summed E-state index contributed by atoms with van der Waals surface area (Å²) in [4.78, 5) is 13.1. The number of nitrogens with zero attached hydrogens (tertiary/aromatic N) is 1. The number of rotatable bonds is 0. The number of carbonyl (C=O) groups excluding carboxylic acids is 1. The highest BCUT2D eigenvalue weighted by atomic mass is 32.2. The van der Waals surface area contributed by atoms with E-state index in [1.807, 2.05) is 0 Å². The van der Waals surface area contributed by atoms with Crippen LogP contribution >= 0.6 is 0 Å². The molecule has 156 valence electrons. The Hall–Kier alpha value is -1.78. The smallest absolute Gasteiger partial charge is 0.426 e. The van der Waals surface area contributed by atoms with Crippen molar-refractivity contribution < 1.29 is 31.6 Å². The second kappa shape index (κ2) is 6.62. The maximum absolute atomic E-state index is 13.1. The molecule has 3 aliphatic heterocycles. The maximum atomic E-state index is 13.1. The summed E-state index contributed by atoms with van der Waals surface area (Å²) in [7, 11) is 1.63. The van der Waals surface area contributed by atoms with Crippen molar-refractivity contribution >= 4 is 29.7 Å². The van der Waals surface area contributed by atoms with Crippen LogP contribution in [0, 0.1) is 0 Å². The average Bonchev–Trinajstić information content (AvgIpc) is 2.86. The van der Waals surface area contributed by atoms with Crippen LogP contribution < -0.4 is 10.2 Å². The van der Waals surface area contributed by atoms with Crippen LogP contribution in [0.4, 0.5) is 4.79 Å². The Morgan fingerprint density at radius 3 is 2.69 bits per heavy atom. The first-order chi connectivity index (χ1) is 13.5. The molecule has 0 N–H and O–H groups in total. The summed E-state index contributed by atoms with van der Waals surface area (Å²) in [6.45, 7) is 5.68. The van der Waals surface area contributed by atoms with Gasteiger partial charge in [-0.15, -0.1) is 0 Å². The van der Waals surface area contributed by atoms with E-state index in [-0.39, 0.29) is 13.0 Å². The molecule has 4 rings (SSSR count). The summed E-state index contributed by atoms with van der Waals surface area (Å²) < 4.78 is 48.9.